The number of hydrogen-bond donors (Lipinski definition) is 4. The van der Waals surface area contributed by atoms with E-state index < -0.39 is 18.0 Å². The molecule has 2 aromatic carbocycles. The van der Waals surface area contributed by atoms with E-state index in [1.165, 1.54) is 6.07 Å². The third kappa shape index (κ3) is 5.94. The number of H-pyrrole nitrogens is 1. The predicted molar refractivity (Wildman–Crippen MR) is 121 cm³/mol. The first-order valence-corrected chi connectivity index (χ1v) is 10.7. The Hall–Kier alpha value is -3.30. The van der Waals surface area contributed by atoms with Gasteiger partial charge in [-0.15, -0.1) is 0 Å². The van der Waals surface area contributed by atoms with Crippen LogP contribution in [-0.4, -0.2) is 28.1 Å². The first-order valence-electron chi connectivity index (χ1n) is 10.7. The Bertz CT molecular complexity index is 1140. The summed E-state index contributed by atoms with van der Waals surface area (Å²) in [5.74, 6) is 0. The van der Waals surface area contributed by atoms with E-state index in [0.29, 0.717) is 29.9 Å². The number of likely N-dealkylation sites (tertiary alicyclic amines) is 1. The van der Waals surface area contributed by atoms with Crippen LogP contribution in [0, 0.1) is 0 Å². The molecule has 1 unspecified atom stereocenters. The van der Waals surface area contributed by atoms with Crippen molar-refractivity contribution in [2.24, 2.45) is 0 Å². The van der Waals surface area contributed by atoms with Gasteiger partial charge in [-0.3, -0.25) is 9.69 Å². The minimum absolute atomic E-state index is 0.197. The fourth-order valence-electron chi connectivity index (χ4n) is 3.71. The van der Waals surface area contributed by atoms with E-state index in [4.69, 9.17) is 0 Å². The number of nitrogens with one attached hydrogen (secondary N) is 3. The number of aromatic amines is 1. The molecule has 0 radical (unpaired) electrons. The first kappa shape index (κ1) is 22.9. The molecule has 1 atom stereocenters. The van der Waals surface area contributed by atoms with Crippen molar-refractivity contribution in [2.75, 3.05) is 23.7 Å². The van der Waals surface area contributed by atoms with E-state index in [1.54, 1.807) is 42.6 Å². The molecule has 0 amide bonds. The van der Waals surface area contributed by atoms with Crippen LogP contribution in [0.2, 0.25) is 0 Å². The number of nitrogens with zero attached hydrogens (tertiary/aromatic N) is 1. The Kier molecular flexibility index (Phi) is 6.71. The molecule has 9 heteroatoms. The van der Waals surface area contributed by atoms with Crippen molar-refractivity contribution in [1.82, 2.24) is 9.88 Å². The highest BCUT2D eigenvalue weighted by Crippen LogP contribution is 2.34. The van der Waals surface area contributed by atoms with Gasteiger partial charge in [-0.05, 0) is 54.9 Å². The fraction of sp³-hybridized carbons (Fsp3) is 0.292. The number of alkyl halides is 3. The lowest BCUT2D eigenvalue weighted by Crippen LogP contribution is -2.36. The van der Waals surface area contributed by atoms with Gasteiger partial charge in [0.15, 0.2) is 6.23 Å². The van der Waals surface area contributed by atoms with Gasteiger partial charge in [0.2, 0.25) is 5.56 Å². The second kappa shape index (κ2) is 9.68. The summed E-state index contributed by atoms with van der Waals surface area (Å²) in [6, 6.07) is 13.9. The maximum atomic E-state index is 13.5. The summed E-state index contributed by atoms with van der Waals surface area (Å²) in [5.41, 5.74) is 1.74. The molecule has 0 saturated carbocycles. The Labute approximate surface area is 189 Å². The highest BCUT2D eigenvalue weighted by atomic mass is 19.4. The van der Waals surface area contributed by atoms with Gasteiger partial charge in [-0.2, -0.15) is 13.2 Å². The van der Waals surface area contributed by atoms with E-state index in [-0.39, 0.29) is 11.2 Å². The van der Waals surface area contributed by atoms with Crippen molar-refractivity contribution in [1.29, 1.82) is 0 Å². The molecule has 33 heavy (non-hydrogen) atoms. The zero-order valence-electron chi connectivity index (χ0n) is 17.8. The van der Waals surface area contributed by atoms with Gasteiger partial charge in [-0.25, -0.2) is 0 Å². The largest absolute Gasteiger partial charge is 0.416 e. The average Bonchev–Trinajstić information content (AvgIpc) is 2.75. The van der Waals surface area contributed by atoms with Crippen molar-refractivity contribution < 1.29 is 18.3 Å². The molecule has 1 aliphatic heterocycles. The molecule has 1 aliphatic rings. The summed E-state index contributed by atoms with van der Waals surface area (Å²) in [4.78, 5) is 15.9. The van der Waals surface area contributed by atoms with Crippen LogP contribution in [0.25, 0.3) is 0 Å². The third-order valence-electron chi connectivity index (χ3n) is 5.57. The van der Waals surface area contributed by atoms with Crippen LogP contribution < -0.4 is 16.2 Å². The molecule has 1 saturated heterocycles. The molecule has 6 nitrogen and oxygen atoms in total. The van der Waals surface area contributed by atoms with Gasteiger partial charge >= 0.3 is 6.18 Å². The molecule has 4 N–H and O–H groups in total. The van der Waals surface area contributed by atoms with Crippen molar-refractivity contribution >= 4 is 11.4 Å². The second-order valence-corrected chi connectivity index (χ2v) is 8.09. The number of benzene rings is 2. The molecule has 2 heterocycles. The molecule has 3 aromatic rings. The number of para-hydroxylation sites is 1. The number of aliphatic hydroxyl groups excluding tert-OH is 1. The zero-order valence-corrected chi connectivity index (χ0v) is 17.8. The van der Waals surface area contributed by atoms with Gasteiger partial charge in [-0.1, -0.05) is 24.3 Å². The van der Waals surface area contributed by atoms with E-state index in [2.05, 4.69) is 20.5 Å². The van der Waals surface area contributed by atoms with Crippen LogP contribution in [0.5, 0.6) is 0 Å². The Balaban J connectivity index is 1.52. The molecular weight excluding hydrogens is 433 g/mol. The lowest BCUT2D eigenvalue weighted by atomic mass is 10.1. The summed E-state index contributed by atoms with van der Waals surface area (Å²) in [6.45, 7) is 2.57. The standard InChI is InChI=1S/C24H25F3N4O2/c25-24(26,27)18-10-17(15-31-8-3-9-31)11-19(12-18)30-23(33)20-4-1-2-5-21(20)28-13-16-6-7-22(32)29-14-16/h1-2,4-7,10-12,14,23,28,30,33H,3,8-9,13,15H2,(H,29,32). The highest BCUT2D eigenvalue weighted by molar-refractivity contribution is 5.56. The van der Waals surface area contributed by atoms with Crippen molar-refractivity contribution in [3.05, 3.63) is 93.4 Å². The van der Waals surface area contributed by atoms with Crippen molar-refractivity contribution in [3.8, 4) is 0 Å². The molecule has 1 aromatic heterocycles. The highest BCUT2D eigenvalue weighted by Gasteiger charge is 2.31. The van der Waals surface area contributed by atoms with E-state index in [0.717, 1.165) is 37.2 Å². The summed E-state index contributed by atoms with van der Waals surface area (Å²) >= 11 is 0. The number of halogens is 3. The van der Waals surface area contributed by atoms with E-state index in [1.807, 2.05) is 0 Å². The lowest BCUT2D eigenvalue weighted by Gasteiger charge is -2.31. The van der Waals surface area contributed by atoms with Crippen molar-refractivity contribution in [3.63, 3.8) is 0 Å². The van der Waals surface area contributed by atoms with Gasteiger partial charge in [0, 0.05) is 42.3 Å². The summed E-state index contributed by atoms with van der Waals surface area (Å²) < 4.78 is 40.4. The summed E-state index contributed by atoms with van der Waals surface area (Å²) in [5, 5.41) is 16.8. The molecule has 1 fully saturated rings. The minimum Gasteiger partial charge on any atom is -0.381 e. The van der Waals surface area contributed by atoms with Gasteiger partial charge in [0.25, 0.3) is 0 Å². The lowest BCUT2D eigenvalue weighted by molar-refractivity contribution is -0.137. The zero-order chi connectivity index (χ0) is 23.4. The van der Waals surface area contributed by atoms with Crippen LogP contribution in [0.1, 0.15) is 34.9 Å². The molecule has 0 aliphatic carbocycles. The number of pyridine rings is 1. The normalized spacial score (nSPS) is 15.0. The number of aromatic nitrogens is 1. The van der Waals surface area contributed by atoms with Crippen molar-refractivity contribution in [2.45, 2.75) is 31.9 Å². The van der Waals surface area contributed by atoms with Crippen LogP contribution in [0.15, 0.2) is 65.6 Å². The topological polar surface area (TPSA) is 80.4 Å². The van der Waals surface area contributed by atoms with Crippen LogP contribution in [-0.2, 0) is 19.3 Å². The number of aliphatic hydroxyl groups is 1. The maximum absolute atomic E-state index is 13.5. The molecule has 0 spiro atoms. The van der Waals surface area contributed by atoms with Crippen LogP contribution in [0.3, 0.4) is 0 Å². The quantitative estimate of drug-likeness (QED) is 0.378. The average molecular weight is 458 g/mol. The fourth-order valence-corrected chi connectivity index (χ4v) is 3.71. The third-order valence-corrected chi connectivity index (χ3v) is 5.57. The summed E-state index contributed by atoms with van der Waals surface area (Å²) in [6.07, 6.45) is -3.08. The number of hydrogen-bond acceptors (Lipinski definition) is 5. The Morgan fingerprint density at radius 2 is 1.85 bits per heavy atom. The Morgan fingerprint density at radius 1 is 1.06 bits per heavy atom. The smallest absolute Gasteiger partial charge is 0.381 e. The van der Waals surface area contributed by atoms with E-state index >= 15 is 0 Å². The van der Waals surface area contributed by atoms with Gasteiger partial charge in [0.1, 0.15) is 0 Å². The van der Waals surface area contributed by atoms with Crippen LogP contribution in [0.4, 0.5) is 24.5 Å². The second-order valence-electron chi connectivity index (χ2n) is 8.09. The summed E-state index contributed by atoms with van der Waals surface area (Å²) in [7, 11) is 0. The SMILES string of the molecule is O=c1ccc(CNc2ccccc2C(O)Nc2cc(CN3CCC3)cc(C(F)(F)F)c2)c[nH]1. The van der Waals surface area contributed by atoms with Gasteiger partial charge in [0.05, 0.1) is 5.56 Å². The maximum Gasteiger partial charge on any atom is 0.416 e. The van der Waals surface area contributed by atoms with E-state index in [9.17, 15) is 23.1 Å². The van der Waals surface area contributed by atoms with Gasteiger partial charge < -0.3 is 20.7 Å². The Morgan fingerprint density at radius 3 is 2.52 bits per heavy atom. The number of anilines is 2. The molecule has 4 rings (SSSR count). The first-order chi connectivity index (χ1) is 15.8. The minimum atomic E-state index is -4.48. The molecular formula is C24H25F3N4O2. The molecule has 0 bridgehead atoms. The van der Waals surface area contributed by atoms with Crippen LogP contribution >= 0.6 is 0 Å². The molecule has 174 valence electrons. The monoisotopic (exact) mass is 458 g/mol. The number of rotatable bonds is 8. The predicted octanol–water partition coefficient (Wildman–Crippen LogP) is 4.31.